The Labute approximate surface area is 136 Å². The lowest BCUT2D eigenvalue weighted by molar-refractivity contribution is -0.389. The predicted molar refractivity (Wildman–Crippen MR) is 77.1 cm³/mol. The second-order valence-corrected chi connectivity index (χ2v) is 4.82. The molecular formula is C11H8N8O6. The molecule has 3 rings (SSSR count). The van der Waals surface area contributed by atoms with Crippen molar-refractivity contribution in [1.29, 1.82) is 0 Å². The quantitative estimate of drug-likeness (QED) is 0.490. The molecule has 0 aromatic carbocycles. The van der Waals surface area contributed by atoms with E-state index in [2.05, 4.69) is 25.4 Å². The highest BCUT2D eigenvalue weighted by atomic mass is 16.6. The average Bonchev–Trinajstić information content (AvgIpc) is 3.24. The van der Waals surface area contributed by atoms with Gasteiger partial charge in [0.1, 0.15) is 12.1 Å². The second-order valence-electron chi connectivity index (χ2n) is 4.82. The molecule has 0 saturated heterocycles. The number of carbonyl (C=O) groups is 1. The number of Topliss-reactive ketones (excluding diaryl/α,β-unsaturated/α-hetero) is 1. The van der Waals surface area contributed by atoms with E-state index in [0.717, 1.165) is 16.9 Å². The topological polar surface area (TPSA) is 189 Å². The van der Waals surface area contributed by atoms with Crippen molar-refractivity contribution < 1.29 is 19.2 Å². The van der Waals surface area contributed by atoms with Gasteiger partial charge in [0.25, 0.3) is 5.89 Å². The van der Waals surface area contributed by atoms with Crippen LogP contribution in [0.3, 0.4) is 0 Å². The highest BCUT2D eigenvalue weighted by Gasteiger charge is 2.27. The maximum atomic E-state index is 11.3. The molecule has 0 amide bonds. The molecule has 0 bridgehead atoms. The molecule has 3 heterocycles. The predicted octanol–water partition coefficient (Wildman–Crippen LogP) is 0.729. The van der Waals surface area contributed by atoms with Crippen molar-refractivity contribution >= 4 is 17.4 Å². The van der Waals surface area contributed by atoms with Gasteiger partial charge in [-0.25, -0.2) is 0 Å². The summed E-state index contributed by atoms with van der Waals surface area (Å²) in [5, 5.41) is 34.8. The molecule has 3 aromatic rings. The molecule has 0 radical (unpaired) electrons. The Bertz CT molecular complexity index is 985. The Kier molecular flexibility index (Phi) is 3.76. The summed E-state index contributed by atoms with van der Waals surface area (Å²) < 4.78 is 6.05. The molecule has 3 aromatic heterocycles. The summed E-state index contributed by atoms with van der Waals surface area (Å²) in [7, 11) is 0. The lowest BCUT2D eigenvalue weighted by atomic mass is 10.3. The number of hydrogen-bond acceptors (Lipinski definition) is 10. The van der Waals surface area contributed by atoms with E-state index < -0.39 is 21.5 Å². The molecule has 0 unspecified atom stereocenters. The van der Waals surface area contributed by atoms with Crippen molar-refractivity contribution in [3.63, 3.8) is 0 Å². The van der Waals surface area contributed by atoms with E-state index in [0.29, 0.717) is 0 Å². The molecule has 1 N–H and O–H groups in total. The van der Waals surface area contributed by atoms with Crippen LogP contribution in [0.5, 0.6) is 0 Å². The Balaban J connectivity index is 2.05. The van der Waals surface area contributed by atoms with Gasteiger partial charge in [0, 0.05) is 0 Å². The normalized spacial score (nSPS) is 10.8. The Morgan fingerprint density at radius 2 is 2.12 bits per heavy atom. The van der Waals surface area contributed by atoms with Crippen LogP contribution in [0.4, 0.5) is 11.6 Å². The maximum Gasteiger partial charge on any atom is 0.390 e. The number of carbonyl (C=O) groups excluding carboxylic acids is 1. The minimum absolute atomic E-state index is 0.0212. The third-order valence-electron chi connectivity index (χ3n) is 3.01. The first-order valence-corrected chi connectivity index (χ1v) is 6.60. The summed E-state index contributed by atoms with van der Waals surface area (Å²) in [5.41, 5.74) is 0.0129. The number of nitrogens with one attached hydrogen (secondary N) is 1. The average molecular weight is 348 g/mol. The zero-order valence-electron chi connectivity index (χ0n) is 12.4. The lowest BCUT2D eigenvalue weighted by Crippen LogP contribution is -2.09. The van der Waals surface area contributed by atoms with Crippen LogP contribution in [0.2, 0.25) is 0 Å². The maximum absolute atomic E-state index is 11.3. The zero-order chi connectivity index (χ0) is 18.1. The number of ketones is 1. The third kappa shape index (κ3) is 2.94. The summed E-state index contributed by atoms with van der Waals surface area (Å²) in [4.78, 5) is 35.6. The number of hydrogen-bond donors (Lipinski definition) is 1. The molecule has 14 nitrogen and oxygen atoms in total. The molecule has 128 valence electrons. The molecule has 0 saturated carbocycles. The molecule has 0 aliphatic carbocycles. The molecule has 0 spiro atoms. The van der Waals surface area contributed by atoms with E-state index >= 15 is 0 Å². The molecule has 0 aliphatic heterocycles. The first-order valence-electron chi connectivity index (χ1n) is 6.60. The van der Waals surface area contributed by atoms with Gasteiger partial charge in [-0.05, 0) is 16.8 Å². The summed E-state index contributed by atoms with van der Waals surface area (Å²) in [6.45, 7) is 1.04. The largest absolute Gasteiger partial charge is 0.390 e. The van der Waals surface area contributed by atoms with Gasteiger partial charge in [0.15, 0.2) is 11.5 Å². The Morgan fingerprint density at radius 1 is 1.36 bits per heavy atom. The van der Waals surface area contributed by atoms with E-state index in [9.17, 15) is 25.0 Å². The van der Waals surface area contributed by atoms with Crippen LogP contribution in [0.15, 0.2) is 16.8 Å². The Morgan fingerprint density at radius 3 is 2.76 bits per heavy atom. The van der Waals surface area contributed by atoms with Crippen molar-refractivity contribution in [2.45, 2.75) is 13.5 Å². The molecule has 14 heteroatoms. The lowest BCUT2D eigenvalue weighted by Gasteiger charge is -1.95. The highest BCUT2D eigenvalue weighted by Crippen LogP contribution is 2.28. The van der Waals surface area contributed by atoms with Crippen molar-refractivity contribution in [2.24, 2.45) is 0 Å². The van der Waals surface area contributed by atoms with E-state index in [4.69, 9.17) is 4.52 Å². The monoisotopic (exact) mass is 348 g/mol. The number of aromatic nitrogens is 6. The minimum atomic E-state index is -0.738. The molecule has 0 aliphatic rings. The summed E-state index contributed by atoms with van der Waals surface area (Å²) in [6, 6.07) is 1.06. The van der Waals surface area contributed by atoms with Crippen LogP contribution in [-0.2, 0) is 11.3 Å². The number of aromatic amines is 1. The fourth-order valence-electron chi connectivity index (χ4n) is 2.02. The van der Waals surface area contributed by atoms with Crippen LogP contribution < -0.4 is 0 Å². The van der Waals surface area contributed by atoms with E-state index in [1.165, 1.54) is 6.92 Å². The van der Waals surface area contributed by atoms with Gasteiger partial charge >= 0.3 is 11.6 Å². The number of H-pyrrole nitrogens is 1. The molecule has 25 heavy (non-hydrogen) atoms. The highest BCUT2D eigenvalue weighted by molar-refractivity contribution is 5.76. The van der Waals surface area contributed by atoms with Crippen LogP contribution in [0.1, 0.15) is 6.92 Å². The fraction of sp³-hybridized carbons (Fsp3) is 0.182. The van der Waals surface area contributed by atoms with Crippen molar-refractivity contribution in [3.8, 4) is 23.0 Å². The first kappa shape index (κ1) is 15.9. The van der Waals surface area contributed by atoms with Crippen molar-refractivity contribution in [2.75, 3.05) is 0 Å². The number of nitrogens with zero attached hydrogens (tertiary/aromatic N) is 7. The van der Waals surface area contributed by atoms with Crippen LogP contribution in [0.25, 0.3) is 23.0 Å². The van der Waals surface area contributed by atoms with Crippen LogP contribution in [0, 0.1) is 20.2 Å². The van der Waals surface area contributed by atoms with E-state index in [1.54, 1.807) is 0 Å². The summed E-state index contributed by atoms with van der Waals surface area (Å²) >= 11 is 0. The second kappa shape index (κ2) is 5.91. The summed E-state index contributed by atoms with van der Waals surface area (Å²) in [5.74, 6) is -1.58. The molecule has 0 fully saturated rings. The van der Waals surface area contributed by atoms with Gasteiger partial charge in [0.2, 0.25) is 5.82 Å². The van der Waals surface area contributed by atoms with E-state index in [1.807, 2.05) is 0 Å². The smallest absolute Gasteiger partial charge is 0.358 e. The first-order chi connectivity index (χ1) is 11.9. The zero-order valence-corrected chi connectivity index (χ0v) is 12.4. The molecule has 0 atom stereocenters. The van der Waals surface area contributed by atoms with Gasteiger partial charge in [-0.15, -0.1) is 5.10 Å². The van der Waals surface area contributed by atoms with Gasteiger partial charge in [-0.2, -0.15) is 9.67 Å². The van der Waals surface area contributed by atoms with Gasteiger partial charge in [-0.3, -0.25) is 4.79 Å². The van der Waals surface area contributed by atoms with Crippen molar-refractivity contribution in [3.05, 3.63) is 32.5 Å². The van der Waals surface area contributed by atoms with Crippen LogP contribution >= 0.6 is 0 Å². The summed E-state index contributed by atoms with van der Waals surface area (Å²) in [6.07, 6.45) is 1.14. The fourth-order valence-corrected chi connectivity index (χ4v) is 2.02. The standard InChI is InChI=1S/C11H8N8O6/c1-5(20)4-17-7(2-8(15-17)18(21)22)11-13-9(16-25-11)6-3-12-14-10(6)19(23)24/h2-3H,4H2,1H3,(H,12,14). The van der Waals surface area contributed by atoms with Gasteiger partial charge in [-0.1, -0.05) is 10.3 Å². The SMILES string of the molecule is CC(=O)Cn1nc([N+](=O)[O-])cc1-c1nc(-c2cn[nH]c2[N+](=O)[O-])no1. The number of rotatable bonds is 6. The van der Waals surface area contributed by atoms with Crippen molar-refractivity contribution in [1.82, 2.24) is 30.1 Å². The van der Waals surface area contributed by atoms with E-state index in [-0.39, 0.29) is 35.3 Å². The minimum Gasteiger partial charge on any atom is -0.358 e. The Hall–Kier alpha value is -3.97. The number of nitro groups is 2. The van der Waals surface area contributed by atoms with Gasteiger partial charge < -0.3 is 24.8 Å². The van der Waals surface area contributed by atoms with Crippen LogP contribution in [-0.4, -0.2) is 45.7 Å². The third-order valence-corrected chi connectivity index (χ3v) is 3.01. The molecular weight excluding hydrogens is 340 g/mol. The van der Waals surface area contributed by atoms with Gasteiger partial charge in [0.05, 0.1) is 17.4 Å².